The first-order valence-corrected chi connectivity index (χ1v) is 7.39. The number of aryl methyl sites for hydroxylation is 1. The second-order valence-corrected chi connectivity index (χ2v) is 5.48. The molecule has 0 aromatic carbocycles. The number of thiazole rings is 1. The predicted octanol–water partition coefficient (Wildman–Crippen LogP) is 1.60. The summed E-state index contributed by atoms with van der Waals surface area (Å²) in [4.78, 5) is 30.4. The summed E-state index contributed by atoms with van der Waals surface area (Å²) in [5.74, 6) is 0.707. The first-order chi connectivity index (χ1) is 9.58. The topological polar surface area (TPSA) is 79.8 Å². The summed E-state index contributed by atoms with van der Waals surface area (Å²) in [5, 5.41) is 4.71. The van der Waals surface area contributed by atoms with Crippen LogP contribution in [0.3, 0.4) is 0 Å². The molecule has 0 spiro atoms. The van der Waals surface area contributed by atoms with Gasteiger partial charge in [-0.1, -0.05) is 11.3 Å². The number of aromatic amines is 1. The van der Waals surface area contributed by atoms with E-state index in [1.165, 1.54) is 11.3 Å². The molecule has 1 atom stereocenters. The smallest absolute Gasteiger partial charge is 0.307 e. The van der Waals surface area contributed by atoms with Gasteiger partial charge in [0, 0.05) is 36.4 Å². The van der Waals surface area contributed by atoms with Crippen LogP contribution in [0, 0.1) is 6.92 Å². The van der Waals surface area contributed by atoms with Crippen LogP contribution in [0.4, 0.5) is 0 Å². The number of carbonyl (C=O) groups is 1. The molecule has 2 aromatic heterocycles. The van der Waals surface area contributed by atoms with Gasteiger partial charge in [-0.05, 0) is 20.3 Å². The molecule has 0 saturated heterocycles. The molecular formula is C13H18N4O2S. The minimum atomic E-state index is -0.136. The number of nitrogens with one attached hydrogen (secondary N) is 2. The molecule has 0 fully saturated rings. The van der Waals surface area contributed by atoms with Crippen LogP contribution < -0.4 is 10.2 Å². The van der Waals surface area contributed by atoms with Crippen LogP contribution in [0.25, 0.3) is 0 Å². The molecule has 0 radical (unpaired) electrons. The molecule has 0 aliphatic rings. The molecule has 20 heavy (non-hydrogen) atoms. The Hall–Kier alpha value is -1.89. The summed E-state index contributed by atoms with van der Waals surface area (Å²) < 4.78 is 1.70. The molecule has 0 saturated carbocycles. The van der Waals surface area contributed by atoms with E-state index in [0.717, 1.165) is 11.5 Å². The average Bonchev–Trinajstić information content (AvgIpc) is 3.03. The normalized spacial score (nSPS) is 12.3. The Bertz CT molecular complexity index is 615. The molecule has 2 heterocycles. The van der Waals surface area contributed by atoms with Gasteiger partial charge in [0.15, 0.2) is 0 Å². The van der Waals surface area contributed by atoms with Gasteiger partial charge in [-0.3, -0.25) is 9.59 Å². The van der Waals surface area contributed by atoms with Gasteiger partial charge in [0.25, 0.3) is 0 Å². The quantitative estimate of drug-likeness (QED) is 0.849. The minimum absolute atomic E-state index is 0.0326. The minimum Gasteiger partial charge on any atom is -0.347 e. The highest BCUT2D eigenvalue weighted by Crippen LogP contribution is 2.07. The third-order valence-corrected chi connectivity index (χ3v) is 3.95. The third kappa shape index (κ3) is 3.57. The Balaban J connectivity index is 1.77. The SMILES string of the molecule is Cc1csc(=O)n1CCCC(=O)NC(C)c1ncc[nH]1. The molecule has 2 N–H and O–H groups in total. The van der Waals surface area contributed by atoms with Crippen LogP contribution in [0.1, 0.15) is 37.3 Å². The fourth-order valence-corrected chi connectivity index (χ4v) is 2.73. The first-order valence-electron chi connectivity index (χ1n) is 6.51. The van der Waals surface area contributed by atoms with Gasteiger partial charge in [0.05, 0.1) is 6.04 Å². The summed E-state index contributed by atoms with van der Waals surface area (Å²) in [6, 6.07) is -0.136. The van der Waals surface area contributed by atoms with Gasteiger partial charge in [0.1, 0.15) is 5.82 Å². The van der Waals surface area contributed by atoms with E-state index in [4.69, 9.17) is 0 Å². The fourth-order valence-electron chi connectivity index (χ4n) is 1.97. The van der Waals surface area contributed by atoms with Crippen LogP contribution >= 0.6 is 11.3 Å². The highest BCUT2D eigenvalue weighted by atomic mass is 32.1. The van der Waals surface area contributed by atoms with Crippen molar-refractivity contribution in [2.75, 3.05) is 0 Å². The Labute approximate surface area is 120 Å². The second-order valence-electron chi connectivity index (χ2n) is 4.66. The number of rotatable bonds is 6. The Morgan fingerprint density at radius 1 is 1.60 bits per heavy atom. The van der Waals surface area contributed by atoms with Gasteiger partial charge in [0.2, 0.25) is 5.91 Å². The number of H-pyrrole nitrogens is 1. The molecule has 2 aromatic rings. The molecule has 0 aliphatic carbocycles. The van der Waals surface area contributed by atoms with Crippen LogP contribution in [0.2, 0.25) is 0 Å². The van der Waals surface area contributed by atoms with Crippen LogP contribution in [-0.2, 0) is 11.3 Å². The van der Waals surface area contributed by atoms with Crippen LogP contribution in [0.15, 0.2) is 22.6 Å². The Kier molecular flexibility index (Phi) is 4.73. The Morgan fingerprint density at radius 2 is 2.40 bits per heavy atom. The zero-order valence-electron chi connectivity index (χ0n) is 11.5. The zero-order chi connectivity index (χ0) is 14.5. The summed E-state index contributed by atoms with van der Waals surface area (Å²) >= 11 is 1.19. The number of hydrogen-bond acceptors (Lipinski definition) is 4. The molecule has 1 unspecified atom stereocenters. The lowest BCUT2D eigenvalue weighted by Gasteiger charge is -2.11. The summed E-state index contributed by atoms with van der Waals surface area (Å²) in [7, 11) is 0. The molecular weight excluding hydrogens is 276 g/mol. The standard InChI is InChI=1S/C13H18N4O2S/c1-9-8-20-13(19)17(9)7-3-4-11(18)16-10(2)12-14-5-6-15-12/h5-6,8,10H,3-4,7H2,1-2H3,(H,14,15)(H,16,18). The molecule has 0 bridgehead atoms. The monoisotopic (exact) mass is 294 g/mol. The van der Waals surface area contributed by atoms with E-state index in [1.54, 1.807) is 17.0 Å². The second kappa shape index (κ2) is 6.51. The lowest BCUT2D eigenvalue weighted by atomic mass is 10.2. The number of aromatic nitrogens is 3. The molecule has 7 heteroatoms. The van der Waals surface area contributed by atoms with Crippen molar-refractivity contribution in [3.8, 4) is 0 Å². The molecule has 1 amide bonds. The number of imidazole rings is 1. The highest BCUT2D eigenvalue weighted by molar-refractivity contribution is 7.07. The summed E-state index contributed by atoms with van der Waals surface area (Å²) in [6.45, 7) is 4.36. The van der Waals surface area contributed by atoms with E-state index in [-0.39, 0.29) is 16.8 Å². The van der Waals surface area contributed by atoms with E-state index in [1.807, 2.05) is 19.2 Å². The zero-order valence-corrected chi connectivity index (χ0v) is 12.4. The van der Waals surface area contributed by atoms with Crippen molar-refractivity contribution in [2.24, 2.45) is 0 Å². The lowest BCUT2D eigenvalue weighted by Crippen LogP contribution is -2.27. The number of nitrogens with zero attached hydrogens (tertiary/aromatic N) is 2. The van der Waals surface area contributed by atoms with Crippen molar-refractivity contribution < 1.29 is 4.79 Å². The van der Waals surface area contributed by atoms with Crippen molar-refractivity contribution in [2.45, 2.75) is 39.3 Å². The third-order valence-electron chi connectivity index (χ3n) is 3.07. The predicted molar refractivity (Wildman–Crippen MR) is 77.7 cm³/mol. The van der Waals surface area contributed by atoms with Crippen molar-refractivity contribution in [1.29, 1.82) is 0 Å². The molecule has 6 nitrogen and oxygen atoms in total. The van der Waals surface area contributed by atoms with E-state index >= 15 is 0 Å². The van der Waals surface area contributed by atoms with Gasteiger partial charge in [-0.2, -0.15) is 0 Å². The first kappa shape index (κ1) is 14.5. The van der Waals surface area contributed by atoms with Crippen molar-refractivity contribution in [3.63, 3.8) is 0 Å². The number of carbonyl (C=O) groups excluding carboxylic acids is 1. The Morgan fingerprint density at radius 3 is 3.00 bits per heavy atom. The van der Waals surface area contributed by atoms with E-state index < -0.39 is 0 Å². The maximum Gasteiger partial charge on any atom is 0.307 e. The average molecular weight is 294 g/mol. The largest absolute Gasteiger partial charge is 0.347 e. The summed E-state index contributed by atoms with van der Waals surface area (Å²) in [5.41, 5.74) is 0.948. The molecule has 108 valence electrons. The number of hydrogen-bond donors (Lipinski definition) is 2. The molecule has 2 rings (SSSR count). The maximum atomic E-state index is 11.8. The van der Waals surface area contributed by atoms with Gasteiger partial charge in [-0.25, -0.2) is 4.98 Å². The van der Waals surface area contributed by atoms with Gasteiger partial charge >= 0.3 is 4.87 Å². The maximum absolute atomic E-state index is 11.8. The lowest BCUT2D eigenvalue weighted by molar-refractivity contribution is -0.121. The molecule has 0 aliphatic heterocycles. The highest BCUT2D eigenvalue weighted by Gasteiger charge is 2.11. The van der Waals surface area contributed by atoms with Gasteiger partial charge in [-0.15, -0.1) is 0 Å². The van der Waals surface area contributed by atoms with Crippen molar-refractivity contribution in [1.82, 2.24) is 19.9 Å². The van der Waals surface area contributed by atoms with E-state index in [9.17, 15) is 9.59 Å². The van der Waals surface area contributed by atoms with Crippen molar-refractivity contribution >= 4 is 17.2 Å². The fraction of sp³-hybridized carbons (Fsp3) is 0.462. The van der Waals surface area contributed by atoms with Crippen LogP contribution in [0.5, 0.6) is 0 Å². The van der Waals surface area contributed by atoms with Crippen LogP contribution in [-0.4, -0.2) is 20.4 Å². The van der Waals surface area contributed by atoms with Gasteiger partial charge < -0.3 is 14.9 Å². The summed E-state index contributed by atoms with van der Waals surface area (Å²) in [6.07, 6.45) is 4.43. The van der Waals surface area contributed by atoms with Crippen molar-refractivity contribution in [3.05, 3.63) is 39.0 Å². The van der Waals surface area contributed by atoms with E-state index in [2.05, 4.69) is 15.3 Å². The van der Waals surface area contributed by atoms with E-state index in [0.29, 0.717) is 19.4 Å². The number of amides is 1.